The number of unbranched alkanes of at least 4 members (excludes halogenated alkanes) is 31. The first kappa shape index (κ1) is 54.6. The van der Waals surface area contributed by atoms with Gasteiger partial charge in [0.15, 0.2) is 0 Å². The predicted molar refractivity (Wildman–Crippen MR) is 245 cm³/mol. The molecule has 0 saturated heterocycles. The summed E-state index contributed by atoms with van der Waals surface area (Å²) >= 11 is 0. The standard InChI is InChI=1S/C51H97NO4/c1-3-5-7-9-11-13-15-17-19-20-21-22-23-24-25-26-27-28-29-30-32-34-36-38-40-42-44-46-50(55)52-48(47-53)51(56)49(54)45-43-41-39-37-35-33-31-18-16-14-12-10-8-6-4-2/h21-22,24-25,37,39,48-49,51,53-54,56H,3-20,23,26-36,38,40-47H2,1-2H3,(H,52,55)/b22-21-,25-24-,39-37+. The van der Waals surface area contributed by atoms with E-state index in [0.717, 1.165) is 44.9 Å². The maximum Gasteiger partial charge on any atom is 0.220 e. The number of aliphatic hydroxyl groups is 3. The molecule has 5 heteroatoms. The summed E-state index contributed by atoms with van der Waals surface area (Å²) in [6, 6.07) is -0.827. The van der Waals surface area contributed by atoms with Gasteiger partial charge in [-0.3, -0.25) is 4.79 Å². The van der Waals surface area contributed by atoms with Crippen LogP contribution < -0.4 is 5.32 Å². The zero-order chi connectivity index (χ0) is 40.8. The molecule has 0 fully saturated rings. The lowest BCUT2D eigenvalue weighted by Crippen LogP contribution is -2.50. The van der Waals surface area contributed by atoms with Gasteiger partial charge in [-0.1, -0.05) is 217 Å². The van der Waals surface area contributed by atoms with Crippen molar-refractivity contribution in [3.05, 3.63) is 36.5 Å². The van der Waals surface area contributed by atoms with Crippen molar-refractivity contribution in [2.45, 2.75) is 276 Å². The van der Waals surface area contributed by atoms with Gasteiger partial charge in [0.25, 0.3) is 0 Å². The Balaban J connectivity index is 3.60. The van der Waals surface area contributed by atoms with E-state index in [-0.39, 0.29) is 12.5 Å². The number of allylic oxidation sites excluding steroid dienone is 6. The van der Waals surface area contributed by atoms with Gasteiger partial charge >= 0.3 is 0 Å². The summed E-state index contributed by atoms with van der Waals surface area (Å²) in [5.41, 5.74) is 0. The number of aliphatic hydroxyl groups excluding tert-OH is 3. The lowest BCUT2D eigenvalue weighted by Gasteiger charge is -2.26. The summed E-state index contributed by atoms with van der Waals surface area (Å²) in [5.74, 6) is -0.155. The zero-order valence-electron chi connectivity index (χ0n) is 37.5. The van der Waals surface area contributed by atoms with Crippen molar-refractivity contribution in [2.24, 2.45) is 0 Å². The monoisotopic (exact) mass is 788 g/mol. The Labute approximate surface area is 349 Å². The van der Waals surface area contributed by atoms with Crippen molar-refractivity contribution in [1.29, 1.82) is 0 Å². The van der Waals surface area contributed by atoms with E-state index in [4.69, 9.17) is 0 Å². The Bertz CT molecular complexity index is 870. The molecule has 0 aliphatic rings. The Kier molecular flexibility index (Phi) is 45.1. The van der Waals surface area contributed by atoms with Crippen molar-refractivity contribution >= 4 is 5.91 Å². The van der Waals surface area contributed by atoms with Crippen LogP contribution in [0.5, 0.6) is 0 Å². The molecular formula is C51H97NO4. The normalized spacial score (nSPS) is 13.7. The first-order chi connectivity index (χ1) is 27.6. The SMILES string of the molecule is CCCCCCCCCCC/C=C\C/C=C\CCCCCCCCCCCCCC(=O)NC(CO)C(O)C(O)CCC/C=C/CCCCCCCCCCCC. The van der Waals surface area contributed by atoms with Gasteiger partial charge in [0.05, 0.1) is 18.8 Å². The summed E-state index contributed by atoms with van der Waals surface area (Å²) in [7, 11) is 0. The second kappa shape index (κ2) is 46.3. The fourth-order valence-corrected chi connectivity index (χ4v) is 7.61. The molecule has 56 heavy (non-hydrogen) atoms. The van der Waals surface area contributed by atoms with E-state index < -0.39 is 18.2 Å². The number of carbonyl (C=O) groups excluding carboxylic acids is 1. The van der Waals surface area contributed by atoms with Crippen LogP contribution in [-0.4, -0.2) is 46.1 Å². The molecule has 330 valence electrons. The lowest BCUT2D eigenvalue weighted by molar-refractivity contribution is -0.124. The van der Waals surface area contributed by atoms with Crippen LogP contribution in [0.2, 0.25) is 0 Å². The average molecular weight is 788 g/mol. The van der Waals surface area contributed by atoms with E-state index in [1.54, 1.807) is 0 Å². The minimum Gasteiger partial charge on any atom is -0.394 e. The lowest BCUT2D eigenvalue weighted by atomic mass is 10.0. The van der Waals surface area contributed by atoms with Crippen LogP contribution in [0.4, 0.5) is 0 Å². The number of amides is 1. The Hall–Kier alpha value is -1.43. The molecule has 0 heterocycles. The molecule has 0 aromatic rings. The number of rotatable bonds is 45. The Morgan fingerprint density at radius 2 is 0.768 bits per heavy atom. The molecule has 0 radical (unpaired) electrons. The maximum absolute atomic E-state index is 12.5. The molecule has 0 spiro atoms. The molecule has 0 aliphatic carbocycles. The van der Waals surface area contributed by atoms with Crippen LogP contribution in [0, 0.1) is 0 Å². The predicted octanol–water partition coefficient (Wildman–Crippen LogP) is 14.7. The van der Waals surface area contributed by atoms with E-state index in [1.807, 2.05) is 0 Å². The quantitative estimate of drug-likeness (QED) is 0.0365. The van der Waals surface area contributed by atoms with Crippen LogP contribution in [0.15, 0.2) is 36.5 Å². The smallest absolute Gasteiger partial charge is 0.220 e. The molecular weight excluding hydrogens is 691 g/mol. The largest absolute Gasteiger partial charge is 0.394 e. The van der Waals surface area contributed by atoms with Crippen molar-refractivity contribution in [2.75, 3.05) is 6.61 Å². The van der Waals surface area contributed by atoms with E-state index in [0.29, 0.717) is 12.8 Å². The van der Waals surface area contributed by atoms with Gasteiger partial charge in [-0.05, 0) is 70.6 Å². The van der Waals surface area contributed by atoms with Crippen molar-refractivity contribution < 1.29 is 20.1 Å². The number of nitrogens with one attached hydrogen (secondary N) is 1. The molecule has 0 aliphatic heterocycles. The highest BCUT2D eigenvalue weighted by Gasteiger charge is 2.26. The van der Waals surface area contributed by atoms with Gasteiger partial charge in [0.2, 0.25) is 5.91 Å². The molecule has 0 aromatic carbocycles. The van der Waals surface area contributed by atoms with Gasteiger partial charge in [0.1, 0.15) is 6.10 Å². The molecule has 5 nitrogen and oxygen atoms in total. The second-order valence-corrected chi connectivity index (χ2v) is 17.0. The average Bonchev–Trinajstić information content (AvgIpc) is 3.20. The van der Waals surface area contributed by atoms with Crippen molar-refractivity contribution in [3.63, 3.8) is 0 Å². The van der Waals surface area contributed by atoms with Crippen molar-refractivity contribution in [3.8, 4) is 0 Å². The number of hydrogen-bond acceptors (Lipinski definition) is 4. The third-order valence-electron chi connectivity index (χ3n) is 11.5. The summed E-state index contributed by atoms with van der Waals surface area (Å²) < 4.78 is 0. The molecule has 3 unspecified atom stereocenters. The van der Waals surface area contributed by atoms with E-state index in [1.165, 1.54) is 186 Å². The first-order valence-corrected chi connectivity index (χ1v) is 24.8. The van der Waals surface area contributed by atoms with Crippen LogP contribution in [0.3, 0.4) is 0 Å². The number of carbonyl (C=O) groups is 1. The summed E-state index contributed by atoms with van der Waals surface area (Å²) in [6.45, 7) is 4.17. The summed E-state index contributed by atoms with van der Waals surface area (Å²) in [6.07, 6.45) is 58.4. The topological polar surface area (TPSA) is 89.8 Å². The van der Waals surface area contributed by atoms with Crippen LogP contribution >= 0.6 is 0 Å². The molecule has 0 rings (SSSR count). The molecule has 3 atom stereocenters. The van der Waals surface area contributed by atoms with E-state index in [2.05, 4.69) is 55.6 Å². The van der Waals surface area contributed by atoms with E-state index in [9.17, 15) is 20.1 Å². The molecule has 0 saturated carbocycles. The summed E-state index contributed by atoms with van der Waals surface area (Å²) in [5, 5.41) is 33.6. The first-order valence-electron chi connectivity index (χ1n) is 24.8. The van der Waals surface area contributed by atoms with Gasteiger partial charge in [-0.15, -0.1) is 0 Å². The number of hydrogen-bond donors (Lipinski definition) is 4. The highest BCUT2D eigenvalue weighted by atomic mass is 16.3. The highest BCUT2D eigenvalue weighted by molar-refractivity contribution is 5.76. The maximum atomic E-state index is 12.5. The minimum atomic E-state index is -1.16. The van der Waals surface area contributed by atoms with Crippen LogP contribution in [-0.2, 0) is 4.79 Å². The van der Waals surface area contributed by atoms with Crippen molar-refractivity contribution in [1.82, 2.24) is 5.32 Å². The Morgan fingerprint density at radius 3 is 1.14 bits per heavy atom. The molecule has 4 N–H and O–H groups in total. The minimum absolute atomic E-state index is 0.155. The molecule has 0 bridgehead atoms. The molecule has 0 aromatic heterocycles. The van der Waals surface area contributed by atoms with Gasteiger partial charge in [-0.2, -0.15) is 0 Å². The fraction of sp³-hybridized carbons (Fsp3) is 0.863. The Morgan fingerprint density at radius 1 is 0.446 bits per heavy atom. The van der Waals surface area contributed by atoms with E-state index >= 15 is 0 Å². The van der Waals surface area contributed by atoms with Crippen LogP contribution in [0.1, 0.15) is 258 Å². The van der Waals surface area contributed by atoms with Gasteiger partial charge in [0, 0.05) is 6.42 Å². The van der Waals surface area contributed by atoms with Crippen LogP contribution in [0.25, 0.3) is 0 Å². The zero-order valence-corrected chi connectivity index (χ0v) is 37.5. The van der Waals surface area contributed by atoms with Gasteiger partial charge < -0.3 is 20.6 Å². The second-order valence-electron chi connectivity index (χ2n) is 17.0. The third-order valence-corrected chi connectivity index (χ3v) is 11.5. The molecule has 1 amide bonds. The van der Waals surface area contributed by atoms with Gasteiger partial charge in [-0.25, -0.2) is 0 Å². The fourth-order valence-electron chi connectivity index (χ4n) is 7.61. The highest BCUT2D eigenvalue weighted by Crippen LogP contribution is 2.16. The third kappa shape index (κ3) is 40.8. The summed E-state index contributed by atoms with van der Waals surface area (Å²) in [4.78, 5) is 12.5.